The van der Waals surface area contributed by atoms with Crippen LogP contribution in [0.1, 0.15) is 34.5 Å². The highest BCUT2D eigenvalue weighted by Gasteiger charge is 2.35. The van der Waals surface area contributed by atoms with Crippen molar-refractivity contribution in [2.24, 2.45) is 0 Å². The lowest BCUT2D eigenvalue weighted by Crippen LogP contribution is -2.48. The van der Waals surface area contributed by atoms with Crippen LogP contribution in [0.3, 0.4) is 0 Å². The Bertz CT molecular complexity index is 1660. The maximum absolute atomic E-state index is 13.5. The van der Waals surface area contributed by atoms with E-state index in [0.29, 0.717) is 37.9 Å². The average molecular weight is 556 g/mol. The second-order valence-corrected chi connectivity index (χ2v) is 10.5. The van der Waals surface area contributed by atoms with E-state index in [-0.39, 0.29) is 29.9 Å². The number of aryl methyl sites for hydroxylation is 1. The van der Waals surface area contributed by atoms with Crippen molar-refractivity contribution in [2.75, 3.05) is 10.2 Å². The smallest absolute Gasteiger partial charge is 0.331 e. The Morgan fingerprint density at radius 2 is 1.88 bits per heavy atom. The molecule has 6 rings (SSSR count). The fourth-order valence-electron chi connectivity index (χ4n) is 5.15. The van der Waals surface area contributed by atoms with E-state index in [1.807, 2.05) is 13.0 Å². The summed E-state index contributed by atoms with van der Waals surface area (Å²) in [5, 5.41) is 9.56. The number of nitrogens with zero attached hydrogens (tertiary/aromatic N) is 4. The zero-order valence-corrected chi connectivity index (χ0v) is 22.3. The number of ether oxygens (including phenoxy) is 1. The number of amides is 4. The van der Waals surface area contributed by atoms with Crippen LogP contribution >= 0.6 is 11.3 Å². The molecule has 1 aliphatic carbocycles. The number of urea groups is 1. The first-order valence-corrected chi connectivity index (χ1v) is 13.6. The lowest BCUT2D eigenvalue weighted by Gasteiger charge is -2.29. The Kier molecular flexibility index (Phi) is 6.60. The fourth-order valence-corrected chi connectivity index (χ4v) is 6.17. The summed E-state index contributed by atoms with van der Waals surface area (Å²) in [6.07, 6.45) is 8.43. The number of aromatic nitrogens is 3. The maximum atomic E-state index is 13.5. The van der Waals surface area contributed by atoms with Crippen molar-refractivity contribution in [1.29, 1.82) is 0 Å². The quantitative estimate of drug-likeness (QED) is 0.278. The topological polar surface area (TPSA) is 138 Å². The molecule has 12 heteroatoms. The summed E-state index contributed by atoms with van der Waals surface area (Å²) < 4.78 is 5.74. The van der Waals surface area contributed by atoms with E-state index >= 15 is 0 Å². The molecule has 4 amide bonds. The highest BCUT2D eigenvalue weighted by Crippen LogP contribution is 2.46. The Hall–Kier alpha value is -4.84. The number of thiophene rings is 1. The molecule has 0 saturated heterocycles. The van der Waals surface area contributed by atoms with Gasteiger partial charge in [-0.25, -0.2) is 19.7 Å². The molecule has 4 aromatic rings. The third-order valence-electron chi connectivity index (χ3n) is 6.96. The van der Waals surface area contributed by atoms with Crippen molar-refractivity contribution in [3.8, 4) is 11.8 Å². The van der Waals surface area contributed by atoms with Crippen LogP contribution in [0.25, 0.3) is 10.2 Å². The molecule has 2 atom stereocenters. The van der Waals surface area contributed by atoms with Gasteiger partial charge in [0.1, 0.15) is 15.5 Å². The van der Waals surface area contributed by atoms with Gasteiger partial charge in [-0.15, -0.1) is 11.3 Å². The van der Waals surface area contributed by atoms with Crippen LogP contribution in [-0.4, -0.2) is 44.9 Å². The molecule has 1 aliphatic heterocycles. The van der Waals surface area contributed by atoms with Gasteiger partial charge in [0.25, 0.3) is 5.91 Å². The predicted molar refractivity (Wildman–Crippen MR) is 151 cm³/mol. The van der Waals surface area contributed by atoms with E-state index in [9.17, 15) is 14.4 Å². The van der Waals surface area contributed by atoms with Gasteiger partial charge in [0.15, 0.2) is 0 Å². The number of anilines is 3. The Morgan fingerprint density at radius 1 is 1.10 bits per heavy atom. The van der Waals surface area contributed by atoms with Crippen LogP contribution in [-0.2, 0) is 4.79 Å². The van der Waals surface area contributed by atoms with Gasteiger partial charge in [-0.1, -0.05) is 6.58 Å². The van der Waals surface area contributed by atoms with E-state index in [4.69, 9.17) is 4.74 Å². The van der Waals surface area contributed by atoms with Crippen LogP contribution in [0, 0.1) is 6.92 Å². The van der Waals surface area contributed by atoms with Gasteiger partial charge in [0, 0.05) is 30.7 Å². The highest BCUT2D eigenvalue weighted by molar-refractivity contribution is 7.21. The molecule has 3 N–H and O–H groups in total. The number of hydrogen-bond donors (Lipinski definition) is 3. The van der Waals surface area contributed by atoms with Crippen LogP contribution in [0.5, 0.6) is 11.8 Å². The number of pyridine rings is 1. The Labute approximate surface area is 233 Å². The van der Waals surface area contributed by atoms with Crippen molar-refractivity contribution < 1.29 is 19.1 Å². The van der Waals surface area contributed by atoms with E-state index in [2.05, 4.69) is 37.5 Å². The normalized spacial score (nSPS) is 17.8. The summed E-state index contributed by atoms with van der Waals surface area (Å²) >= 11 is 1.22. The van der Waals surface area contributed by atoms with Crippen molar-refractivity contribution in [1.82, 2.24) is 25.6 Å². The molecule has 2 aliphatic rings. The molecule has 0 spiro atoms. The zero-order chi connectivity index (χ0) is 27.8. The minimum Gasteiger partial charge on any atom is -0.424 e. The van der Waals surface area contributed by atoms with Crippen LogP contribution in [0.2, 0.25) is 0 Å². The summed E-state index contributed by atoms with van der Waals surface area (Å²) in [4.78, 5) is 54.0. The van der Waals surface area contributed by atoms with Gasteiger partial charge in [0.05, 0.1) is 22.4 Å². The number of nitrogens with one attached hydrogen (secondary N) is 3. The summed E-state index contributed by atoms with van der Waals surface area (Å²) in [6.45, 7) is 5.38. The summed E-state index contributed by atoms with van der Waals surface area (Å²) in [5.74, 6) is -0.0507. The predicted octanol–water partition coefficient (Wildman–Crippen LogP) is 4.82. The third kappa shape index (κ3) is 4.62. The van der Waals surface area contributed by atoms with Crippen LogP contribution in [0.4, 0.5) is 21.9 Å². The monoisotopic (exact) mass is 555 g/mol. The lowest BCUT2D eigenvalue weighted by molar-refractivity contribution is -0.117. The second-order valence-electron chi connectivity index (χ2n) is 9.49. The summed E-state index contributed by atoms with van der Waals surface area (Å²) in [5.41, 5.74) is 2.50. The Balaban J connectivity index is 1.30. The van der Waals surface area contributed by atoms with Crippen molar-refractivity contribution in [2.45, 2.75) is 38.3 Å². The van der Waals surface area contributed by atoms with Crippen molar-refractivity contribution >= 4 is 56.5 Å². The minimum absolute atomic E-state index is 0.178. The molecule has 40 heavy (non-hydrogen) atoms. The van der Waals surface area contributed by atoms with Gasteiger partial charge < -0.3 is 20.7 Å². The van der Waals surface area contributed by atoms with Crippen LogP contribution < -0.4 is 25.6 Å². The first-order chi connectivity index (χ1) is 19.4. The largest absolute Gasteiger partial charge is 0.424 e. The number of carbonyl (C=O) groups excluding carboxylic acids is 3. The molecule has 0 radical (unpaired) electrons. The molecular weight excluding hydrogens is 530 g/mol. The van der Waals surface area contributed by atoms with Crippen molar-refractivity contribution in [3.63, 3.8) is 0 Å². The van der Waals surface area contributed by atoms with Crippen LogP contribution in [0.15, 0.2) is 61.6 Å². The van der Waals surface area contributed by atoms with E-state index in [1.165, 1.54) is 17.4 Å². The Morgan fingerprint density at radius 3 is 2.62 bits per heavy atom. The number of rotatable bonds is 7. The molecule has 11 nitrogen and oxygen atoms in total. The second kappa shape index (κ2) is 10.4. The molecule has 4 heterocycles. The summed E-state index contributed by atoms with van der Waals surface area (Å²) in [7, 11) is 0. The fraction of sp³-hybridized carbons (Fsp3) is 0.214. The van der Waals surface area contributed by atoms with E-state index in [0.717, 1.165) is 24.8 Å². The van der Waals surface area contributed by atoms with Crippen molar-refractivity contribution in [3.05, 3.63) is 72.0 Å². The number of carbonyl (C=O) groups is 3. The minimum atomic E-state index is -0.396. The number of benzene rings is 1. The van der Waals surface area contributed by atoms with E-state index < -0.39 is 6.03 Å². The molecule has 0 bridgehead atoms. The third-order valence-corrected chi connectivity index (χ3v) is 8.05. The number of hydrogen-bond acceptors (Lipinski definition) is 8. The van der Waals surface area contributed by atoms with Gasteiger partial charge in [-0.05, 0) is 68.2 Å². The first-order valence-electron chi connectivity index (χ1n) is 12.7. The van der Waals surface area contributed by atoms with Gasteiger partial charge in [0.2, 0.25) is 5.91 Å². The van der Waals surface area contributed by atoms with Gasteiger partial charge in [-0.3, -0.25) is 14.5 Å². The first kappa shape index (κ1) is 25.4. The molecule has 1 saturated carbocycles. The molecule has 1 aromatic carbocycles. The highest BCUT2D eigenvalue weighted by atomic mass is 32.1. The average Bonchev–Trinajstić information content (AvgIpc) is 3.55. The SMILES string of the molecule is C=CC(=O)N[C@H]1CCCC1NC(=O)c1sc2nccc3c2c1NC(=O)N3c1ccc(Oc2ncccn2)cc1C. The van der Waals surface area contributed by atoms with E-state index in [1.54, 1.807) is 47.8 Å². The summed E-state index contributed by atoms with van der Waals surface area (Å²) in [6, 6.07) is 8.24. The van der Waals surface area contributed by atoms with Gasteiger partial charge in [-0.2, -0.15) is 0 Å². The molecular formula is C28H25N7O4S. The molecule has 1 unspecified atom stereocenters. The molecule has 3 aromatic heterocycles. The standard InChI is InChI=1S/C28H25N7O4S/c1-3-21(36)32-17-6-4-7-18(17)33-25(37)24-23-22-20(10-13-29-26(22)40-24)35(28(38)34-23)19-9-8-16(14-15(19)2)39-27-30-11-5-12-31-27/h3,5,8-14,17-18H,1,4,6-7H2,2H3,(H,32,36)(H,33,37)(H,34,38)/t17-,18?/m0/s1. The zero-order valence-electron chi connectivity index (χ0n) is 21.5. The molecule has 1 fully saturated rings. The molecule has 202 valence electrons. The maximum Gasteiger partial charge on any atom is 0.331 e. The lowest BCUT2D eigenvalue weighted by atomic mass is 10.1. The van der Waals surface area contributed by atoms with Gasteiger partial charge >= 0.3 is 12.0 Å².